The molecule has 1 aliphatic heterocycles. The Balaban J connectivity index is 1.47. The molecule has 0 unspecified atom stereocenters. The second kappa shape index (κ2) is 11.3. The quantitative estimate of drug-likeness (QED) is 0.260. The molecule has 0 aromatic heterocycles. The summed E-state index contributed by atoms with van der Waals surface area (Å²) in [5, 5.41) is 1.47. The van der Waals surface area contributed by atoms with Crippen molar-refractivity contribution < 1.29 is 19.1 Å². The third kappa shape index (κ3) is 6.24. The monoisotopic (exact) mass is 588 g/mol. The van der Waals surface area contributed by atoms with E-state index in [1.807, 2.05) is 30.3 Å². The lowest BCUT2D eigenvalue weighted by Crippen LogP contribution is -2.44. The summed E-state index contributed by atoms with van der Waals surface area (Å²) < 4.78 is 12.6. The second-order valence-electron chi connectivity index (χ2n) is 7.30. The van der Waals surface area contributed by atoms with Crippen molar-refractivity contribution >= 4 is 73.7 Å². The fourth-order valence-electron chi connectivity index (χ4n) is 3.19. The summed E-state index contributed by atoms with van der Waals surface area (Å²) in [6.07, 6.45) is 1.69. The van der Waals surface area contributed by atoms with Crippen LogP contribution in [0.4, 0.5) is 0 Å². The van der Waals surface area contributed by atoms with E-state index in [-0.39, 0.29) is 4.32 Å². The molecule has 178 valence electrons. The van der Waals surface area contributed by atoms with Gasteiger partial charge in [0.2, 0.25) is 0 Å². The molecule has 2 amide bonds. The van der Waals surface area contributed by atoms with E-state index in [0.717, 1.165) is 32.4 Å². The maximum atomic E-state index is 12.9. The highest BCUT2D eigenvalue weighted by Crippen LogP contribution is 2.34. The number of rotatable bonds is 7. The van der Waals surface area contributed by atoms with Gasteiger partial charge in [-0.25, -0.2) is 0 Å². The number of hydrogen-bond acceptors (Lipinski definition) is 6. The first-order chi connectivity index (χ1) is 16.8. The van der Waals surface area contributed by atoms with Crippen LogP contribution in [0.25, 0.3) is 6.08 Å². The largest absolute Gasteiger partial charge is 0.493 e. The number of carbonyl (C=O) groups is 2. The highest BCUT2D eigenvalue weighted by molar-refractivity contribution is 9.10. The van der Waals surface area contributed by atoms with Crippen molar-refractivity contribution in [3.63, 3.8) is 0 Å². The Labute approximate surface area is 225 Å². The van der Waals surface area contributed by atoms with Gasteiger partial charge >= 0.3 is 0 Å². The minimum Gasteiger partial charge on any atom is -0.493 e. The van der Waals surface area contributed by atoms with E-state index in [2.05, 4.69) is 21.4 Å². The van der Waals surface area contributed by atoms with Gasteiger partial charge < -0.3 is 9.47 Å². The second-order valence-corrected chi connectivity index (χ2v) is 10.3. The molecule has 4 rings (SSSR count). The van der Waals surface area contributed by atoms with Crippen molar-refractivity contribution in [2.45, 2.75) is 6.61 Å². The van der Waals surface area contributed by atoms with E-state index in [1.54, 1.807) is 43.5 Å². The van der Waals surface area contributed by atoms with E-state index in [0.29, 0.717) is 33.6 Å². The number of hydrazine groups is 1. The maximum absolute atomic E-state index is 12.9. The molecule has 1 fully saturated rings. The van der Waals surface area contributed by atoms with Gasteiger partial charge in [-0.2, -0.15) is 5.01 Å². The Bertz CT molecular complexity index is 1350. The smallest absolute Gasteiger partial charge is 0.285 e. The number of thioether (sulfide) groups is 1. The number of halogens is 2. The van der Waals surface area contributed by atoms with Crippen LogP contribution >= 0.6 is 51.5 Å². The fraction of sp³-hybridized carbons (Fsp3) is 0.0800. The van der Waals surface area contributed by atoms with Gasteiger partial charge in [-0.1, -0.05) is 63.6 Å². The number of methoxy groups -OCH3 is 1. The topological polar surface area (TPSA) is 67.9 Å². The van der Waals surface area contributed by atoms with Crippen molar-refractivity contribution in [2.24, 2.45) is 0 Å². The number of ether oxygens (including phenoxy) is 2. The minimum absolute atomic E-state index is 0.220. The molecule has 0 saturated carbocycles. The third-order valence-electron chi connectivity index (χ3n) is 4.86. The van der Waals surface area contributed by atoms with Gasteiger partial charge in [0.25, 0.3) is 11.8 Å². The summed E-state index contributed by atoms with van der Waals surface area (Å²) in [5.41, 5.74) is 4.59. The Morgan fingerprint density at radius 3 is 2.69 bits per heavy atom. The van der Waals surface area contributed by atoms with Crippen molar-refractivity contribution in [2.75, 3.05) is 7.11 Å². The summed E-state index contributed by atoms with van der Waals surface area (Å²) in [6.45, 7) is 0.375. The number of hydrogen-bond donors (Lipinski definition) is 1. The lowest BCUT2D eigenvalue weighted by molar-refractivity contribution is -0.123. The van der Waals surface area contributed by atoms with Gasteiger partial charge in [0.15, 0.2) is 15.8 Å². The SMILES string of the molecule is COc1cc(/C=C2/SC(=S)N(NC(=O)c3cccc(Cl)c3)C2=O)ccc1OCc1cccc(Br)c1. The van der Waals surface area contributed by atoms with Crippen molar-refractivity contribution in [1.29, 1.82) is 0 Å². The van der Waals surface area contributed by atoms with Crippen LogP contribution in [0.2, 0.25) is 5.02 Å². The predicted molar refractivity (Wildman–Crippen MR) is 145 cm³/mol. The number of amides is 2. The van der Waals surface area contributed by atoms with Gasteiger partial charge in [-0.3, -0.25) is 15.0 Å². The van der Waals surface area contributed by atoms with Crippen LogP contribution in [-0.4, -0.2) is 28.3 Å². The van der Waals surface area contributed by atoms with E-state index < -0.39 is 11.8 Å². The highest BCUT2D eigenvalue weighted by atomic mass is 79.9. The van der Waals surface area contributed by atoms with Crippen LogP contribution in [0.15, 0.2) is 76.1 Å². The first kappa shape index (κ1) is 25.2. The number of benzene rings is 3. The normalized spacial score (nSPS) is 14.4. The summed E-state index contributed by atoms with van der Waals surface area (Å²) in [7, 11) is 1.55. The maximum Gasteiger partial charge on any atom is 0.285 e. The fourth-order valence-corrected chi connectivity index (χ4v) is 5.01. The highest BCUT2D eigenvalue weighted by Gasteiger charge is 2.33. The molecule has 1 N–H and O–H groups in total. The minimum atomic E-state index is -0.487. The Kier molecular flexibility index (Phi) is 8.12. The first-order valence-electron chi connectivity index (χ1n) is 10.2. The van der Waals surface area contributed by atoms with E-state index in [4.69, 9.17) is 33.3 Å². The van der Waals surface area contributed by atoms with Crippen LogP contribution in [0.5, 0.6) is 11.5 Å². The first-order valence-corrected chi connectivity index (χ1v) is 12.6. The lowest BCUT2D eigenvalue weighted by Gasteiger charge is -2.15. The molecule has 6 nitrogen and oxygen atoms in total. The van der Waals surface area contributed by atoms with E-state index in [9.17, 15) is 9.59 Å². The van der Waals surface area contributed by atoms with Crippen LogP contribution in [0, 0.1) is 0 Å². The zero-order chi connectivity index (χ0) is 24.9. The molecular weight excluding hydrogens is 572 g/mol. The van der Waals surface area contributed by atoms with Crippen molar-refractivity contribution in [3.05, 3.63) is 97.8 Å². The van der Waals surface area contributed by atoms with E-state index >= 15 is 0 Å². The van der Waals surface area contributed by atoms with Gasteiger partial charge in [-0.15, -0.1) is 0 Å². The Hall–Kier alpha value is -2.85. The lowest BCUT2D eigenvalue weighted by atomic mass is 10.2. The Morgan fingerprint density at radius 1 is 1.14 bits per heavy atom. The van der Waals surface area contributed by atoms with Gasteiger partial charge in [-0.05, 0) is 71.9 Å². The van der Waals surface area contributed by atoms with Crippen LogP contribution in [0.1, 0.15) is 21.5 Å². The van der Waals surface area contributed by atoms with Crippen molar-refractivity contribution in [1.82, 2.24) is 10.4 Å². The van der Waals surface area contributed by atoms with Gasteiger partial charge in [0.1, 0.15) is 6.61 Å². The van der Waals surface area contributed by atoms with Gasteiger partial charge in [0, 0.05) is 15.1 Å². The van der Waals surface area contributed by atoms with Crippen molar-refractivity contribution in [3.8, 4) is 11.5 Å². The molecule has 3 aromatic rings. The molecule has 1 saturated heterocycles. The summed E-state index contributed by atoms with van der Waals surface area (Å²) >= 11 is 15.8. The molecule has 10 heteroatoms. The van der Waals surface area contributed by atoms with Crippen LogP contribution < -0.4 is 14.9 Å². The molecule has 0 atom stereocenters. The molecule has 0 aliphatic carbocycles. The molecule has 1 heterocycles. The average molecular weight is 590 g/mol. The molecule has 0 bridgehead atoms. The Morgan fingerprint density at radius 2 is 1.94 bits per heavy atom. The number of nitrogens with one attached hydrogen (secondary N) is 1. The summed E-state index contributed by atoms with van der Waals surface area (Å²) in [5.74, 6) is 0.187. The number of carbonyl (C=O) groups excluding carboxylic acids is 2. The van der Waals surface area contributed by atoms with Crippen LogP contribution in [0.3, 0.4) is 0 Å². The van der Waals surface area contributed by atoms with E-state index in [1.165, 1.54) is 6.07 Å². The standard InChI is InChI=1S/C25H18BrClN2O4S2/c1-32-21-11-15(8-9-20(21)33-14-16-4-2-6-18(26)10-16)12-22-24(31)29(25(34)35-22)28-23(30)17-5-3-7-19(27)13-17/h2-13H,14H2,1H3,(H,28,30)/b22-12+. The molecule has 0 spiro atoms. The zero-order valence-corrected chi connectivity index (χ0v) is 22.3. The molecular formula is C25H18BrClN2O4S2. The van der Waals surface area contributed by atoms with Gasteiger partial charge in [0.05, 0.1) is 12.0 Å². The summed E-state index contributed by atoms with van der Waals surface area (Å²) in [4.78, 5) is 25.8. The average Bonchev–Trinajstić information content (AvgIpc) is 3.10. The predicted octanol–water partition coefficient (Wildman–Crippen LogP) is 6.24. The molecule has 0 radical (unpaired) electrons. The summed E-state index contributed by atoms with van der Waals surface area (Å²) in [6, 6.07) is 19.6. The number of thiocarbonyl (C=S) groups is 1. The number of nitrogens with zero attached hydrogens (tertiary/aromatic N) is 1. The van der Waals surface area contributed by atoms with Crippen LogP contribution in [-0.2, 0) is 11.4 Å². The third-order valence-corrected chi connectivity index (χ3v) is 6.89. The molecule has 3 aromatic carbocycles. The molecule has 35 heavy (non-hydrogen) atoms. The molecule has 1 aliphatic rings. The zero-order valence-electron chi connectivity index (χ0n) is 18.3.